The molecule has 3 rings (SSSR count). The highest BCUT2D eigenvalue weighted by atomic mass is 32.5. The Bertz CT molecular complexity index is 777. The van der Waals surface area contributed by atoms with Crippen LogP contribution in [0.15, 0.2) is 0 Å². The lowest BCUT2D eigenvalue weighted by Crippen LogP contribution is -2.31. The van der Waals surface area contributed by atoms with E-state index >= 15 is 0 Å². The maximum absolute atomic E-state index is 10.1. The van der Waals surface area contributed by atoms with Crippen molar-refractivity contribution in [3.05, 3.63) is 0 Å². The first kappa shape index (κ1) is 30.4. The molecule has 11 nitrogen and oxygen atoms in total. The summed E-state index contributed by atoms with van der Waals surface area (Å²) in [6, 6.07) is 0. The molecule has 11 atom stereocenters. The van der Waals surface area contributed by atoms with Crippen LogP contribution in [-0.2, 0) is 65.0 Å². The van der Waals surface area contributed by atoms with Gasteiger partial charge in [-0.3, -0.25) is 0 Å². The second-order valence-electron chi connectivity index (χ2n) is 9.05. The SMILES string of the molecule is COP(=S)(OCC1OC(C)CC1OP(=S)(OC)OCC1OC(C)CC1O)OC1CC(C)OC1CO. The molecule has 11 unspecified atom stereocenters. The van der Waals surface area contributed by atoms with Gasteiger partial charge in [-0.2, -0.15) is 0 Å². The first-order valence-electron chi connectivity index (χ1n) is 11.7. The zero-order chi connectivity index (χ0) is 25.8. The molecular weight excluding hydrogens is 542 g/mol. The van der Waals surface area contributed by atoms with Crippen LogP contribution in [0.3, 0.4) is 0 Å². The molecule has 3 heterocycles. The van der Waals surface area contributed by atoms with E-state index in [1.807, 2.05) is 20.8 Å². The fraction of sp³-hybridized carbons (Fsp3) is 1.00. The van der Waals surface area contributed by atoms with Gasteiger partial charge in [0.05, 0.1) is 56.4 Å². The van der Waals surface area contributed by atoms with Crippen molar-refractivity contribution in [3.63, 3.8) is 0 Å². The smallest absolute Gasteiger partial charge is 0.327 e. The second kappa shape index (κ2) is 13.3. The first-order valence-corrected chi connectivity index (χ1v) is 16.8. The lowest BCUT2D eigenvalue weighted by Gasteiger charge is -2.29. The van der Waals surface area contributed by atoms with Crippen molar-refractivity contribution in [2.45, 2.75) is 95.0 Å². The molecule has 2 N–H and O–H groups in total. The number of aliphatic hydroxyl groups is 2. The topological polar surface area (TPSA) is 124 Å². The number of rotatable bonds is 13. The normalized spacial score (nSPS) is 41.2. The molecule has 35 heavy (non-hydrogen) atoms. The number of hydrogen-bond donors (Lipinski definition) is 2. The Morgan fingerprint density at radius 1 is 0.743 bits per heavy atom. The highest BCUT2D eigenvalue weighted by molar-refractivity contribution is 8.07. The van der Waals surface area contributed by atoms with Gasteiger partial charge in [0.2, 0.25) is 0 Å². The molecule has 15 heteroatoms. The average molecular weight is 581 g/mol. The molecule has 0 amide bonds. The maximum Gasteiger partial charge on any atom is 0.327 e. The fourth-order valence-corrected chi connectivity index (χ4v) is 7.67. The molecule has 0 saturated carbocycles. The van der Waals surface area contributed by atoms with Gasteiger partial charge in [0, 0.05) is 33.5 Å². The van der Waals surface area contributed by atoms with Crippen molar-refractivity contribution < 1.29 is 51.6 Å². The van der Waals surface area contributed by atoms with Crippen LogP contribution in [0.25, 0.3) is 0 Å². The summed E-state index contributed by atoms with van der Waals surface area (Å²) >= 11 is 11.1. The molecule has 0 aliphatic carbocycles. The third-order valence-corrected chi connectivity index (χ3v) is 11.1. The van der Waals surface area contributed by atoms with Gasteiger partial charge < -0.3 is 51.6 Å². The van der Waals surface area contributed by atoms with E-state index in [-0.39, 0.29) is 38.1 Å². The maximum atomic E-state index is 10.1. The predicted octanol–water partition coefficient (Wildman–Crippen LogP) is 2.42. The molecule has 3 aliphatic heterocycles. The summed E-state index contributed by atoms with van der Waals surface area (Å²) in [4.78, 5) is 0. The summed E-state index contributed by atoms with van der Waals surface area (Å²) in [6.07, 6.45) is -1.57. The van der Waals surface area contributed by atoms with Crippen LogP contribution in [0.4, 0.5) is 0 Å². The predicted molar refractivity (Wildman–Crippen MR) is 134 cm³/mol. The molecule has 206 valence electrons. The fourth-order valence-electron chi connectivity index (χ4n) is 4.37. The molecular formula is C20H38O11P2S2. The van der Waals surface area contributed by atoms with Gasteiger partial charge >= 0.3 is 13.4 Å². The highest BCUT2D eigenvalue weighted by Gasteiger charge is 2.42. The van der Waals surface area contributed by atoms with E-state index in [4.69, 9.17) is 65.0 Å². The van der Waals surface area contributed by atoms with Gasteiger partial charge in [0.15, 0.2) is 0 Å². The number of ether oxygens (including phenoxy) is 3. The molecule has 0 aromatic heterocycles. The number of hydrogen-bond acceptors (Lipinski definition) is 13. The summed E-state index contributed by atoms with van der Waals surface area (Å²) in [5.74, 6) is 0. The Morgan fingerprint density at radius 3 is 1.63 bits per heavy atom. The van der Waals surface area contributed by atoms with Crippen LogP contribution < -0.4 is 0 Å². The number of aliphatic hydroxyl groups excluding tert-OH is 2. The Morgan fingerprint density at radius 2 is 1.17 bits per heavy atom. The lowest BCUT2D eigenvalue weighted by atomic mass is 10.1. The van der Waals surface area contributed by atoms with Gasteiger partial charge in [0.1, 0.15) is 18.3 Å². The van der Waals surface area contributed by atoms with Gasteiger partial charge in [-0.05, 0) is 44.4 Å². The average Bonchev–Trinajstić information content (AvgIpc) is 3.45. The molecule has 3 saturated heterocycles. The van der Waals surface area contributed by atoms with Gasteiger partial charge in [-0.1, -0.05) is 0 Å². The van der Waals surface area contributed by atoms with Crippen LogP contribution in [-0.4, -0.2) is 99.2 Å². The van der Waals surface area contributed by atoms with E-state index in [2.05, 4.69) is 0 Å². The van der Waals surface area contributed by atoms with Gasteiger partial charge in [0.25, 0.3) is 0 Å². The van der Waals surface area contributed by atoms with Crippen LogP contribution in [0, 0.1) is 0 Å². The van der Waals surface area contributed by atoms with E-state index in [1.165, 1.54) is 14.2 Å². The zero-order valence-electron chi connectivity index (χ0n) is 20.7. The Kier molecular flexibility index (Phi) is 11.5. The zero-order valence-corrected chi connectivity index (χ0v) is 24.1. The van der Waals surface area contributed by atoms with E-state index in [1.54, 1.807) is 0 Å². The Hall–Kier alpha value is 0.860. The summed E-state index contributed by atoms with van der Waals surface area (Å²) in [5.41, 5.74) is 0. The third kappa shape index (κ3) is 8.42. The van der Waals surface area contributed by atoms with Crippen molar-refractivity contribution >= 4 is 37.1 Å². The largest absolute Gasteiger partial charge is 0.394 e. The van der Waals surface area contributed by atoms with Crippen molar-refractivity contribution in [2.75, 3.05) is 34.0 Å². The highest BCUT2D eigenvalue weighted by Crippen LogP contribution is 2.55. The minimum Gasteiger partial charge on any atom is -0.394 e. The van der Waals surface area contributed by atoms with Crippen LogP contribution >= 0.6 is 13.4 Å². The monoisotopic (exact) mass is 580 g/mol. The minimum absolute atomic E-state index is 0.0497. The van der Waals surface area contributed by atoms with Crippen molar-refractivity contribution in [1.29, 1.82) is 0 Å². The van der Waals surface area contributed by atoms with Crippen molar-refractivity contribution in [3.8, 4) is 0 Å². The molecule has 3 fully saturated rings. The van der Waals surface area contributed by atoms with Crippen molar-refractivity contribution in [1.82, 2.24) is 0 Å². The summed E-state index contributed by atoms with van der Waals surface area (Å²) in [7, 11) is 2.86. The van der Waals surface area contributed by atoms with Crippen LogP contribution in [0.5, 0.6) is 0 Å². The molecule has 0 aromatic carbocycles. The molecule has 0 bridgehead atoms. The van der Waals surface area contributed by atoms with Gasteiger partial charge in [-0.15, -0.1) is 0 Å². The molecule has 0 spiro atoms. The quantitative estimate of drug-likeness (QED) is 0.310. The van der Waals surface area contributed by atoms with Gasteiger partial charge in [-0.25, -0.2) is 0 Å². The van der Waals surface area contributed by atoms with E-state index in [9.17, 15) is 10.2 Å². The lowest BCUT2D eigenvalue weighted by molar-refractivity contribution is -0.0339. The Balaban J connectivity index is 1.57. The van der Waals surface area contributed by atoms with E-state index in [0.29, 0.717) is 19.3 Å². The standard InChI is InChI=1S/C20H38O11P2S2/c1-12-6-15(22)19(28-12)10-25-32(34,23-4)31-17-8-14(3)29-20(17)11-26-33(35,24-5)30-16-7-13(2)27-18(16)9-21/h12-22H,6-11H2,1-5H3. The van der Waals surface area contributed by atoms with E-state index < -0.39 is 50.1 Å². The van der Waals surface area contributed by atoms with Crippen LogP contribution in [0.2, 0.25) is 0 Å². The summed E-state index contributed by atoms with van der Waals surface area (Å²) < 4.78 is 52.0. The molecule has 0 radical (unpaired) electrons. The molecule has 0 aromatic rings. The Labute approximate surface area is 217 Å². The first-order chi connectivity index (χ1) is 16.5. The summed E-state index contributed by atoms with van der Waals surface area (Å²) in [5, 5.41) is 19.7. The molecule has 3 aliphatic rings. The second-order valence-corrected chi connectivity index (χ2v) is 15.2. The van der Waals surface area contributed by atoms with Crippen molar-refractivity contribution in [2.24, 2.45) is 0 Å². The van der Waals surface area contributed by atoms with E-state index in [0.717, 1.165) is 0 Å². The minimum atomic E-state index is -3.14. The third-order valence-electron chi connectivity index (χ3n) is 6.13. The van der Waals surface area contributed by atoms with Crippen LogP contribution in [0.1, 0.15) is 40.0 Å². The summed E-state index contributed by atoms with van der Waals surface area (Å²) in [6.45, 7) is -0.639.